The molecule has 1 fully saturated rings. The quantitative estimate of drug-likeness (QED) is 0.655. The topological polar surface area (TPSA) is 85.1 Å². The van der Waals surface area contributed by atoms with Crippen molar-refractivity contribution >= 4 is 28.9 Å². The maximum atomic E-state index is 12.0. The van der Waals surface area contributed by atoms with Crippen LogP contribution in [0.5, 0.6) is 0 Å². The number of rotatable bonds is 3. The summed E-state index contributed by atoms with van der Waals surface area (Å²) in [5.41, 5.74) is -0.0784. The Morgan fingerprint density at radius 3 is 2.76 bits per heavy atom. The van der Waals surface area contributed by atoms with Crippen molar-refractivity contribution in [3.8, 4) is 0 Å². The SMILES string of the molecule is Cl.O=[N+]([O-])c1ccc(S(=O)[C@H]2CCNC2)nc1. The number of aromatic nitrogens is 1. The van der Waals surface area contributed by atoms with Crippen LogP contribution in [0.15, 0.2) is 23.4 Å². The van der Waals surface area contributed by atoms with E-state index in [1.165, 1.54) is 12.1 Å². The van der Waals surface area contributed by atoms with Crippen molar-refractivity contribution in [2.24, 2.45) is 0 Å². The lowest BCUT2D eigenvalue weighted by Gasteiger charge is -2.06. The van der Waals surface area contributed by atoms with Gasteiger partial charge in [0.25, 0.3) is 5.69 Å². The molecule has 94 valence electrons. The molecule has 2 rings (SSSR count). The van der Waals surface area contributed by atoms with Gasteiger partial charge < -0.3 is 5.32 Å². The van der Waals surface area contributed by atoms with Gasteiger partial charge in [0.2, 0.25) is 0 Å². The molecule has 2 atom stereocenters. The maximum Gasteiger partial charge on any atom is 0.287 e. The minimum atomic E-state index is -1.18. The lowest BCUT2D eigenvalue weighted by Crippen LogP contribution is -2.19. The van der Waals surface area contributed by atoms with Crippen LogP contribution < -0.4 is 5.32 Å². The molecule has 17 heavy (non-hydrogen) atoms. The summed E-state index contributed by atoms with van der Waals surface area (Å²) in [6.07, 6.45) is 2.00. The number of nitro groups is 1. The zero-order valence-corrected chi connectivity index (χ0v) is 10.5. The van der Waals surface area contributed by atoms with Gasteiger partial charge in [-0.2, -0.15) is 0 Å². The van der Waals surface area contributed by atoms with E-state index in [1.807, 2.05) is 0 Å². The minimum absolute atomic E-state index is 0. The summed E-state index contributed by atoms with van der Waals surface area (Å²) in [4.78, 5) is 13.8. The first kappa shape index (κ1) is 14.0. The summed E-state index contributed by atoms with van der Waals surface area (Å²) < 4.78 is 12.0. The highest BCUT2D eigenvalue weighted by Gasteiger charge is 2.23. The molecule has 1 N–H and O–H groups in total. The van der Waals surface area contributed by atoms with Gasteiger partial charge in [-0.1, -0.05) is 0 Å². The number of pyridine rings is 1. The van der Waals surface area contributed by atoms with Crippen molar-refractivity contribution in [3.63, 3.8) is 0 Å². The van der Waals surface area contributed by atoms with Crippen molar-refractivity contribution in [1.82, 2.24) is 10.3 Å². The van der Waals surface area contributed by atoms with Crippen LogP contribution in [0.3, 0.4) is 0 Å². The standard InChI is InChI=1S/C9H11N3O3S.ClH/c13-12(14)7-1-2-9(11-5-7)16(15)8-3-4-10-6-8;/h1-2,5,8,10H,3-4,6H2;1H/t8-,16?;/m0./s1. The predicted molar refractivity (Wildman–Crippen MR) is 65.8 cm³/mol. The molecular formula is C9H12ClN3O3S. The van der Waals surface area contributed by atoms with E-state index >= 15 is 0 Å². The molecule has 0 bridgehead atoms. The molecule has 1 aromatic rings. The Hall–Kier alpha value is -1.05. The van der Waals surface area contributed by atoms with Gasteiger partial charge >= 0.3 is 0 Å². The van der Waals surface area contributed by atoms with E-state index in [2.05, 4.69) is 10.3 Å². The second kappa shape index (κ2) is 6.04. The van der Waals surface area contributed by atoms with E-state index in [-0.39, 0.29) is 23.3 Å². The first-order valence-corrected chi connectivity index (χ1v) is 6.11. The first-order valence-electron chi connectivity index (χ1n) is 4.90. The van der Waals surface area contributed by atoms with Crippen molar-refractivity contribution in [2.75, 3.05) is 13.1 Å². The average molecular weight is 278 g/mol. The van der Waals surface area contributed by atoms with E-state index in [1.54, 1.807) is 0 Å². The van der Waals surface area contributed by atoms with Crippen LogP contribution in [0, 0.1) is 10.1 Å². The molecule has 1 unspecified atom stereocenters. The summed E-state index contributed by atoms with van der Waals surface area (Å²) in [5, 5.41) is 14.0. The molecule has 1 aliphatic heterocycles. The summed E-state index contributed by atoms with van der Waals surface area (Å²) in [5.74, 6) is 0. The van der Waals surface area contributed by atoms with Gasteiger partial charge in [0, 0.05) is 12.6 Å². The highest BCUT2D eigenvalue weighted by atomic mass is 35.5. The van der Waals surface area contributed by atoms with Gasteiger partial charge in [0.05, 0.1) is 21.0 Å². The summed E-state index contributed by atoms with van der Waals surface area (Å²) in [7, 11) is -1.18. The second-order valence-corrected chi connectivity index (χ2v) is 5.20. The van der Waals surface area contributed by atoms with Gasteiger partial charge in [-0.25, -0.2) is 4.98 Å². The Balaban J connectivity index is 0.00000144. The van der Waals surface area contributed by atoms with Crippen LogP contribution in [0.25, 0.3) is 0 Å². The number of halogens is 1. The minimum Gasteiger partial charge on any atom is -0.315 e. The largest absolute Gasteiger partial charge is 0.315 e. The molecule has 8 heteroatoms. The van der Waals surface area contributed by atoms with Crippen LogP contribution in [0.1, 0.15) is 6.42 Å². The number of nitrogens with one attached hydrogen (secondary N) is 1. The van der Waals surface area contributed by atoms with Crippen molar-refractivity contribution in [2.45, 2.75) is 16.7 Å². The Morgan fingerprint density at radius 2 is 2.29 bits per heavy atom. The third-order valence-corrected chi connectivity index (χ3v) is 4.12. The van der Waals surface area contributed by atoms with Gasteiger partial charge in [0.15, 0.2) is 0 Å². The number of hydrogen-bond acceptors (Lipinski definition) is 5. The normalized spacial score (nSPS) is 20.6. The second-order valence-electron chi connectivity index (χ2n) is 3.52. The number of nitrogens with zero attached hydrogens (tertiary/aromatic N) is 2. The maximum absolute atomic E-state index is 12.0. The summed E-state index contributed by atoms with van der Waals surface area (Å²) in [6, 6.07) is 2.80. The van der Waals surface area contributed by atoms with Crippen LogP contribution in [0.4, 0.5) is 5.69 Å². The van der Waals surface area contributed by atoms with Crippen LogP contribution in [-0.4, -0.2) is 32.5 Å². The zero-order valence-electron chi connectivity index (χ0n) is 8.87. The third-order valence-electron chi connectivity index (χ3n) is 2.46. The molecule has 0 aliphatic carbocycles. The molecule has 0 spiro atoms. The fraction of sp³-hybridized carbons (Fsp3) is 0.444. The van der Waals surface area contributed by atoms with Gasteiger partial charge in [0.1, 0.15) is 11.2 Å². The van der Waals surface area contributed by atoms with Crippen LogP contribution in [-0.2, 0) is 10.8 Å². The third kappa shape index (κ3) is 3.21. The number of hydrogen-bond donors (Lipinski definition) is 1. The van der Waals surface area contributed by atoms with Gasteiger partial charge in [-0.3, -0.25) is 14.3 Å². The molecule has 1 aromatic heterocycles. The lowest BCUT2D eigenvalue weighted by molar-refractivity contribution is -0.385. The zero-order chi connectivity index (χ0) is 11.5. The predicted octanol–water partition coefficient (Wildman–Crippen LogP) is 0.881. The monoisotopic (exact) mass is 277 g/mol. The van der Waals surface area contributed by atoms with Gasteiger partial charge in [-0.15, -0.1) is 12.4 Å². The Bertz CT molecular complexity index is 420. The van der Waals surface area contributed by atoms with E-state index < -0.39 is 15.7 Å². The Labute approximate surface area is 107 Å². The lowest BCUT2D eigenvalue weighted by atomic mass is 10.4. The van der Waals surface area contributed by atoms with Crippen molar-refractivity contribution < 1.29 is 9.13 Å². The first-order chi connectivity index (χ1) is 7.68. The van der Waals surface area contributed by atoms with Crippen molar-refractivity contribution in [1.29, 1.82) is 0 Å². The van der Waals surface area contributed by atoms with Crippen LogP contribution >= 0.6 is 12.4 Å². The van der Waals surface area contributed by atoms with Crippen LogP contribution in [0.2, 0.25) is 0 Å². The van der Waals surface area contributed by atoms with Crippen molar-refractivity contribution in [3.05, 3.63) is 28.4 Å². The highest BCUT2D eigenvalue weighted by Crippen LogP contribution is 2.16. The molecule has 0 aromatic carbocycles. The van der Waals surface area contributed by atoms with E-state index in [9.17, 15) is 14.3 Å². The molecular weight excluding hydrogens is 266 g/mol. The molecule has 0 saturated carbocycles. The highest BCUT2D eigenvalue weighted by molar-refractivity contribution is 7.85. The molecule has 0 radical (unpaired) electrons. The fourth-order valence-electron chi connectivity index (χ4n) is 1.58. The fourth-order valence-corrected chi connectivity index (χ4v) is 2.88. The molecule has 1 saturated heterocycles. The molecule has 1 aliphatic rings. The van der Waals surface area contributed by atoms with E-state index in [0.29, 0.717) is 11.6 Å². The Morgan fingerprint density at radius 1 is 1.53 bits per heavy atom. The molecule has 2 heterocycles. The molecule has 0 amide bonds. The van der Waals surface area contributed by atoms with Gasteiger partial charge in [-0.05, 0) is 19.0 Å². The van der Waals surface area contributed by atoms with E-state index in [4.69, 9.17) is 0 Å². The Kier molecular flexibility index (Phi) is 4.98. The smallest absolute Gasteiger partial charge is 0.287 e. The van der Waals surface area contributed by atoms with E-state index in [0.717, 1.165) is 19.2 Å². The summed E-state index contributed by atoms with van der Waals surface area (Å²) >= 11 is 0. The average Bonchev–Trinajstić information content (AvgIpc) is 2.81. The summed E-state index contributed by atoms with van der Waals surface area (Å²) in [6.45, 7) is 1.58. The molecule has 6 nitrogen and oxygen atoms in total.